The highest BCUT2D eigenvalue weighted by Gasteiger charge is 2.34. The number of rotatable bonds is 7. The fraction of sp³-hybridized carbons (Fsp3) is 0.440. The van der Waals surface area contributed by atoms with Crippen molar-refractivity contribution in [3.05, 3.63) is 58.1 Å². The Labute approximate surface area is 230 Å². The quantitative estimate of drug-likeness (QED) is 0.416. The van der Waals surface area contributed by atoms with Gasteiger partial charge in [-0.15, -0.1) is 0 Å². The van der Waals surface area contributed by atoms with E-state index in [-0.39, 0.29) is 66.6 Å². The van der Waals surface area contributed by atoms with Crippen LogP contribution in [0.5, 0.6) is 5.75 Å². The van der Waals surface area contributed by atoms with Gasteiger partial charge < -0.3 is 24.0 Å². The molecule has 0 aliphatic carbocycles. The number of carbonyl (C=O) groups is 1. The number of imidazole rings is 1. The van der Waals surface area contributed by atoms with Gasteiger partial charge in [-0.2, -0.15) is 0 Å². The molecule has 4 heterocycles. The van der Waals surface area contributed by atoms with Crippen LogP contribution in [0.25, 0.3) is 5.78 Å². The molecule has 12 nitrogen and oxygen atoms in total. The number of ether oxygens (including phenoxy) is 2. The van der Waals surface area contributed by atoms with E-state index in [0.717, 1.165) is 14.3 Å². The van der Waals surface area contributed by atoms with E-state index in [1.54, 1.807) is 17.0 Å². The zero-order chi connectivity index (χ0) is 27.9. The van der Waals surface area contributed by atoms with Crippen LogP contribution in [-0.4, -0.2) is 80.9 Å². The van der Waals surface area contributed by atoms with Crippen molar-refractivity contribution >= 4 is 44.8 Å². The van der Waals surface area contributed by atoms with Crippen molar-refractivity contribution in [2.45, 2.75) is 45.6 Å². The first-order valence-electron chi connectivity index (χ1n) is 12.5. The van der Waals surface area contributed by atoms with Crippen LogP contribution in [0.1, 0.15) is 31.5 Å². The molecule has 0 spiro atoms. The van der Waals surface area contributed by atoms with Crippen molar-refractivity contribution in [1.29, 1.82) is 0 Å². The maximum atomic E-state index is 13.8. The third kappa shape index (κ3) is 5.36. The van der Waals surface area contributed by atoms with Crippen molar-refractivity contribution in [1.82, 2.24) is 18.9 Å². The molecular weight excluding hydrogens is 546 g/mol. The fourth-order valence-electron chi connectivity index (χ4n) is 4.97. The zero-order valence-corrected chi connectivity index (χ0v) is 23.2. The molecule has 0 bridgehead atoms. The molecule has 0 radical (unpaired) electrons. The van der Waals surface area contributed by atoms with Crippen molar-refractivity contribution in [2.24, 2.45) is 0 Å². The lowest BCUT2D eigenvalue weighted by Crippen LogP contribution is -2.49. The summed E-state index contributed by atoms with van der Waals surface area (Å²) in [6.07, 6.45) is 1.51. The topological polar surface area (TPSA) is 136 Å². The number of morpholine rings is 1. The fourth-order valence-corrected chi connectivity index (χ4v) is 6.64. The third-order valence-corrected chi connectivity index (χ3v) is 8.68. The number of hydrogen-bond donors (Lipinski definition) is 1. The van der Waals surface area contributed by atoms with Gasteiger partial charge in [-0.25, -0.2) is 17.8 Å². The summed E-state index contributed by atoms with van der Waals surface area (Å²) >= 11 is 4.97. The molecule has 1 N–H and O–H groups in total. The first-order valence-corrected chi connectivity index (χ1v) is 14.6. The van der Waals surface area contributed by atoms with Gasteiger partial charge in [0.2, 0.25) is 32.5 Å². The summed E-state index contributed by atoms with van der Waals surface area (Å²) in [5.74, 6) is -0.644. The number of sulfonamides is 1. The second-order valence-electron chi connectivity index (χ2n) is 9.72. The number of nitrogens with zero attached hydrogens (tertiary/aromatic N) is 5. The van der Waals surface area contributed by atoms with Gasteiger partial charge in [0.15, 0.2) is 5.69 Å². The maximum Gasteiger partial charge on any atom is 0.303 e. The maximum absolute atomic E-state index is 13.8. The second-order valence-corrected chi connectivity index (χ2v) is 12.1. The van der Waals surface area contributed by atoms with E-state index in [1.807, 2.05) is 32.0 Å². The predicted octanol–water partition coefficient (Wildman–Crippen LogP) is 1.48. The van der Waals surface area contributed by atoms with Gasteiger partial charge in [-0.05, 0) is 38.0 Å². The molecule has 3 aromatic rings. The minimum absolute atomic E-state index is 0.0105. The molecule has 1 aromatic carbocycles. The Kier molecular flexibility index (Phi) is 7.35. The Balaban J connectivity index is 1.62. The number of thiocarbonyl (C=S) groups is 1. The summed E-state index contributed by atoms with van der Waals surface area (Å²) < 4.78 is 40.8. The van der Waals surface area contributed by atoms with Gasteiger partial charge in [0.05, 0.1) is 24.2 Å². The summed E-state index contributed by atoms with van der Waals surface area (Å²) in [5.41, 5.74) is -0.252. The van der Waals surface area contributed by atoms with Crippen molar-refractivity contribution in [3.8, 4) is 5.75 Å². The average Bonchev–Trinajstić information content (AvgIpc) is 3.41. The standard InChI is InChI=1S/C25H29N5O7S2/c1-16-11-27(12-17(2)37-16)20(31)14-28-13-19(29-9-6-10-39(29,34)35)30-23(32)22(21(24(33)38)26-25(28)30)36-15-18-7-4-3-5-8-18/h3-5,7-8,13,16-17H,6,9-12,14-15H2,1-2H3,(H,33,38). The van der Waals surface area contributed by atoms with Crippen LogP contribution in [0.15, 0.2) is 41.3 Å². The van der Waals surface area contributed by atoms with Gasteiger partial charge in [0.1, 0.15) is 19.0 Å². The van der Waals surface area contributed by atoms with Crippen molar-refractivity contribution in [2.75, 3.05) is 29.7 Å². The lowest BCUT2D eigenvalue weighted by atomic mass is 10.2. The number of aromatic nitrogens is 3. The smallest absolute Gasteiger partial charge is 0.303 e. The molecule has 2 unspecified atom stereocenters. The van der Waals surface area contributed by atoms with E-state index in [2.05, 4.69) is 4.98 Å². The van der Waals surface area contributed by atoms with Crippen LogP contribution in [0.2, 0.25) is 0 Å². The molecule has 2 aliphatic rings. The normalized spacial score (nSPS) is 20.9. The van der Waals surface area contributed by atoms with Crippen LogP contribution in [0.3, 0.4) is 0 Å². The summed E-state index contributed by atoms with van der Waals surface area (Å²) in [6.45, 7) is 4.49. The predicted molar refractivity (Wildman–Crippen MR) is 147 cm³/mol. The van der Waals surface area contributed by atoms with Crippen LogP contribution in [-0.2, 0) is 32.7 Å². The van der Waals surface area contributed by atoms with Crippen molar-refractivity contribution < 1.29 is 27.8 Å². The Hall–Kier alpha value is -3.49. The zero-order valence-electron chi connectivity index (χ0n) is 21.5. The molecule has 14 heteroatoms. The first-order chi connectivity index (χ1) is 18.5. The highest BCUT2D eigenvalue weighted by atomic mass is 32.2. The van der Waals surface area contributed by atoms with Gasteiger partial charge in [0.25, 0.3) is 0 Å². The highest BCUT2D eigenvalue weighted by molar-refractivity contribution is 7.93. The monoisotopic (exact) mass is 575 g/mol. The van der Waals surface area contributed by atoms with Crippen LogP contribution < -0.4 is 14.6 Å². The minimum atomic E-state index is -3.69. The summed E-state index contributed by atoms with van der Waals surface area (Å²) in [4.78, 5) is 33.2. The number of benzene rings is 1. The van der Waals surface area contributed by atoms with E-state index in [4.69, 9.17) is 21.7 Å². The lowest BCUT2D eigenvalue weighted by molar-refractivity contribution is -0.143. The lowest BCUT2D eigenvalue weighted by Gasteiger charge is -2.35. The molecule has 208 valence electrons. The Morgan fingerprint density at radius 3 is 2.51 bits per heavy atom. The minimum Gasteiger partial charge on any atom is -0.497 e. The van der Waals surface area contributed by atoms with Crippen molar-refractivity contribution in [3.63, 3.8) is 0 Å². The average molecular weight is 576 g/mol. The first kappa shape index (κ1) is 27.1. The molecule has 39 heavy (non-hydrogen) atoms. The third-order valence-electron chi connectivity index (χ3n) is 6.64. The molecule has 2 fully saturated rings. The van der Waals surface area contributed by atoms with Gasteiger partial charge >= 0.3 is 5.56 Å². The van der Waals surface area contributed by atoms with E-state index in [1.165, 1.54) is 10.8 Å². The molecule has 0 saturated carbocycles. The number of carbonyl (C=O) groups excluding carboxylic acids is 1. The number of aliphatic hydroxyl groups is 1. The summed E-state index contributed by atoms with van der Waals surface area (Å²) in [6, 6.07) is 9.07. The number of aliphatic hydroxyl groups excluding tert-OH is 1. The van der Waals surface area contributed by atoms with E-state index in [0.29, 0.717) is 19.5 Å². The number of fused-ring (bicyclic) bond motifs is 1. The number of anilines is 1. The Morgan fingerprint density at radius 1 is 1.21 bits per heavy atom. The Morgan fingerprint density at radius 2 is 1.90 bits per heavy atom. The van der Waals surface area contributed by atoms with Crippen LogP contribution in [0.4, 0.5) is 5.82 Å². The molecule has 2 saturated heterocycles. The molecule has 2 aliphatic heterocycles. The van der Waals surface area contributed by atoms with E-state index in [9.17, 15) is 23.1 Å². The van der Waals surface area contributed by atoms with E-state index < -0.39 is 20.6 Å². The van der Waals surface area contributed by atoms with Crippen LogP contribution >= 0.6 is 12.2 Å². The summed E-state index contributed by atoms with van der Waals surface area (Å²) in [7, 11) is -3.69. The molecular formula is C25H29N5O7S2. The van der Waals surface area contributed by atoms with Gasteiger partial charge in [0, 0.05) is 19.6 Å². The SMILES string of the molecule is CC1CN(C(=O)Cn2cc(N3CCCS3(=O)=O)n3c(=O)c(OCc4ccccc4)c(C(O)=S)nc23)CC(C)O1. The largest absolute Gasteiger partial charge is 0.497 e. The number of hydrogen-bond acceptors (Lipinski definition) is 8. The molecule has 1 amide bonds. The van der Waals surface area contributed by atoms with Crippen LogP contribution in [0, 0.1) is 0 Å². The highest BCUT2D eigenvalue weighted by Crippen LogP contribution is 2.27. The molecule has 5 rings (SSSR count). The Bertz CT molecular complexity index is 1580. The summed E-state index contributed by atoms with van der Waals surface area (Å²) in [5, 5.41) is 9.59. The van der Waals surface area contributed by atoms with Gasteiger partial charge in [-0.3, -0.25) is 13.9 Å². The molecule has 2 aromatic heterocycles. The van der Waals surface area contributed by atoms with E-state index >= 15 is 0 Å². The number of amides is 1. The molecule has 2 atom stereocenters. The van der Waals surface area contributed by atoms with Gasteiger partial charge in [-0.1, -0.05) is 30.3 Å². The second kappa shape index (κ2) is 10.6.